The van der Waals surface area contributed by atoms with Crippen molar-refractivity contribution in [1.82, 2.24) is 5.43 Å². The van der Waals surface area contributed by atoms with Gasteiger partial charge >= 0.3 is 0 Å². The monoisotopic (exact) mass is 484 g/mol. The molecule has 0 unspecified atom stereocenters. The molecule has 11 nitrogen and oxygen atoms in total. The fourth-order valence-corrected chi connectivity index (χ4v) is 4.35. The van der Waals surface area contributed by atoms with E-state index in [9.17, 15) is 28.4 Å². The Labute approximate surface area is 195 Å². The predicted octanol–water partition coefficient (Wildman–Crippen LogP) is 2.65. The standard InChI is InChI=1S/C22H20N4O7S/c1-33-21-12-16(10-11-20(21)27)14-23-24-22(28)15-25(17-6-5-7-18(13-17)26(29)30)34(31,32)19-8-3-2-4-9-19/h2-14,27H,15H2,1H3,(H,24,28). The number of ether oxygens (including phenoxy) is 1. The van der Waals surface area contributed by atoms with Gasteiger partial charge in [0.15, 0.2) is 11.5 Å². The predicted molar refractivity (Wildman–Crippen MR) is 124 cm³/mol. The molecule has 0 heterocycles. The number of hydrazone groups is 1. The first kappa shape index (κ1) is 24.2. The number of rotatable bonds is 9. The molecule has 3 rings (SSSR count). The third-order valence-electron chi connectivity index (χ3n) is 4.55. The molecule has 0 saturated heterocycles. The van der Waals surface area contributed by atoms with Crippen molar-refractivity contribution in [1.29, 1.82) is 0 Å². The summed E-state index contributed by atoms with van der Waals surface area (Å²) >= 11 is 0. The Balaban J connectivity index is 1.86. The van der Waals surface area contributed by atoms with Crippen molar-refractivity contribution >= 4 is 33.5 Å². The van der Waals surface area contributed by atoms with Gasteiger partial charge in [0.25, 0.3) is 21.6 Å². The van der Waals surface area contributed by atoms with Crippen LogP contribution in [0.5, 0.6) is 11.5 Å². The van der Waals surface area contributed by atoms with Gasteiger partial charge in [-0.2, -0.15) is 5.10 Å². The molecule has 0 atom stereocenters. The van der Waals surface area contributed by atoms with Gasteiger partial charge in [0.05, 0.1) is 28.8 Å². The molecule has 12 heteroatoms. The van der Waals surface area contributed by atoms with Gasteiger partial charge < -0.3 is 9.84 Å². The molecule has 0 fully saturated rings. The number of non-ortho nitro benzene ring substituents is 1. The number of benzene rings is 3. The second-order valence-electron chi connectivity index (χ2n) is 6.83. The molecule has 1 amide bonds. The molecule has 0 spiro atoms. The smallest absolute Gasteiger partial charge is 0.271 e. The summed E-state index contributed by atoms with van der Waals surface area (Å²) in [6.07, 6.45) is 1.28. The van der Waals surface area contributed by atoms with Crippen LogP contribution in [0.25, 0.3) is 0 Å². The number of anilines is 1. The van der Waals surface area contributed by atoms with Gasteiger partial charge in [-0.3, -0.25) is 19.2 Å². The first-order valence-electron chi connectivity index (χ1n) is 9.73. The molecule has 0 radical (unpaired) electrons. The molecular formula is C22H20N4O7S. The van der Waals surface area contributed by atoms with E-state index in [-0.39, 0.29) is 27.8 Å². The number of nitro benzene ring substituents is 1. The molecule has 0 bridgehead atoms. The molecule has 0 aromatic heterocycles. The minimum absolute atomic E-state index is 0.0551. The van der Waals surface area contributed by atoms with Crippen molar-refractivity contribution in [3.05, 3.63) is 88.5 Å². The number of sulfonamides is 1. The van der Waals surface area contributed by atoms with Crippen molar-refractivity contribution in [3.63, 3.8) is 0 Å². The Kier molecular flexibility index (Phi) is 7.43. The lowest BCUT2D eigenvalue weighted by molar-refractivity contribution is -0.384. The van der Waals surface area contributed by atoms with Gasteiger partial charge in [0.2, 0.25) is 0 Å². The number of carbonyl (C=O) groups is 1. The Hall–Kier alpha value is -4.45. The highest BCUT2D eigenvalue weighted by molar-refractivity contribution is 7.92. The lowest BCUT2D eigenvalue weighted by atomic mass is 10.2. The average Bonchev–Trinajstić information content (AvgIpc) is 2.84. The Morgan fingerprint density at radius 3 is 2.56 bits per heavy atom. The maximum Gasteiger partial charge on any atom is 0.271 e. The largest absolute Gasteiger partial charge is 0.504 e. The molecule has 3 aromatic carbocycles. The highest BCUT2D eigenvalue weighted by Gasteiger charge is 2.28. The van der Waals surface area contributed by atoms with Crippen LogP contribution in [0.3, 0.4) is 0 Å². The molecule has 34 heavy (non-hydrogen) atoms. The molecule has 176 valence electrons. The van der Waals surface area contributed by atoms with E-state index in [4.69, 9.17) is 4.74 Å². The second kappa shape index (κ2) is 10.4. The molecular weight excluding hydrogens is 464 g/mol. The summed E-state index contributed by atoms with van der Waals surface area (Å²) in [6, 6.07) is 16.8. The van der Waals surface area contributed by atoms with Crippen molar-refractivity contribution in [2.45, 2.75) is 4.90 Å². The van der Waals surface area contributed by atoms with Crippen molar-refractivity contribution in [2.24, 2.45) is 5.10 Å². The number of hydrogen-bond acceptors (Lipinski definition) is 8. The average molecular weight is 484 g/mol. The molecule has 0 aliphatic rings. The summed E-state index contributed by atoms with van der Waals surface area (Å²) in [5.74, 6) is -0.642. The second-order valence-corrected chi connectivity index (χ2v) is 8.69. The highest BCUT2D eigenvalue weighted by atomic mass is 32.2. The van der Waals surface area contributed by atoms with E-state index in [1.165, 1.54) is 74.0 Å². The molecule has 0 aliphatic carbocycles. The van der Waals surface area contributed by atoms with E-state index in [2.05, 4.69) is 10.5 Å². The number of methoxy groups -OCH3 is 1. The number of amides is 1. The van der Waals surface area contributed by atoms with E-state index in [0.717, 1.165) is 10.4 Å². The van der Waals surface area contributed by atoms with E-state index in [1.54, 1.807) is 6.07 Å². The lowest BCUT2D eigenvalue weighted by Gasteiger charge is -2.23. The Morgan fingerprint density at radius 1 is 1.15 bits per heavy atom. The SMILES string of the molecule is COc1cc(C=NNC(=O)CN(c2cccc([N+](=O)[O-])c2)S(=O)(=O)c2ccccc2)ccc1O. The summed E-state index contributed by atoms with van der Waals surface area (Å²) in [4.78, 5) is 23.0. The topological polar surface area (TPSA) is 151 Å². The van der Waals surface area contributed by atoms with Crippen LogP contribution in [-0.4, -0.2) is 44.2 Å². The van der Waals surface area contributed by atoms with Crippen LogP contribution in [0.15, 0.2) is 82.8 Å². The minimum Gasteiger partial charge on any atom is -0.504 e. The zero-order chi connectivity index (χ0) is 24.7. The van der Waals surface area contributed by atoms with Crippen LogP contribution in [0.2, 0.25) is 0 Å². The molecule has 0 aliphatic heterocycles. The van der Waals surface area contributed by atoms with Crippen molar-refractivity contribution in [3.8, 4) is 11.5 Å². The number of nitro groups is 1. The summed E-state index contributed by atoms with van der Waals surface area (Å²) in [5.41, 5.74) is 2.35. The fourth-order valence-electron chi connectivity index (χ4n) is 2.92. The maximum absolute atomic E-state index is 13.2. The van der Waals surface area contributed by atoms with Crippen LogP contribution in [0.1, 0.15) is 5.56 Å². The quantitative estimate of drug-likeness (QED) is 0.269. The number of nitrogens with one attached hydrogen (secondary N) is 1. The maximum atomic E-state index is 13.2. The van der Waals surface area contributed by atoms with E-state index in [1.807, 2.05) is 0 Å². The molecule has 2 N–H and O–H groups in total. The number of hydrogen-bond donors (Lipinski definition) is 2. The number of phenolic OH excluding ortho intramolecular Hbond substituents is 1. The number of nitrogens with zero attached hydrogens (tertiary/aromatic N) is 3. The zero-order valence-corrected chi connectivity index (χ0v) is 18.7. The Bertz CT molecular complexity index is 1330. The fraction of sp³-hybridized carbons (Fsp3) is 0.0909. The summed E-state index contributed by atoms with van der Waals surface area (Å²) in [6.45, 7) is -0.686. The summed E-state index contributed by atoms with van der Waals surface area (Å²) < 4.78 is 32.3. The van der Waals surface area contributed by atoms with Gasteiger partial charge in [-0.25, -0.2) is 13.8 Å². The van der Waals surface area contributed by atoms with E-state index < -0.39 is 27.4 Å². The molecule has 0 saturated carbocycles. The highest BCUT2D eigenvalue weighted by Crippen LogP contribution is 2.27. The lowest BCUT2D eigenvalue weighted by Crippen LogP contribution is -2.39. The van der Waals surface area contributed by atoms with Crippen molar-refractivity contribution in [2.75, 3.05) is 18.0 Å². The third-order valence-corrected chi connectivity index (χ3v) is 6.34. The first-order chi connectivity index (χ1) is 16.2. The van der Waals surface area contributed by atoms with Gasteiger partial charge in [-0.05, 0) is 42.0 Å². The van der Waals surface area contributed by atoms with E-state index >= 15 is 0 Å². The van der Waals surface area contributed by atoms with Crippen LogP contribution >= 0.6 is 0 Å². The van der Waals surface area contributed by atoms with Gasteiger partial charge in [0.1, 0.15) is 6.54 Å². The van der Waals surface area contributed by atoms with Crippen LogP contribution in [-0.2, 0) is 14.8 Å². The van der Waals surface area contributed by atoms with E-state index in [0.29, 0.717) is 5.56 Å². The summed E-state index contributed by atoms with van der Waals surface area (Å²) in [5, 5.41) is 24.6. The van der Waals surface area contributed by atoms with Gasteiger partial charge in [0, 0.05) is 12.1 Å². The number of phenols is 1. The normalized spacial score (nSPS) is 11.2. The minimum atomic E-state index is -4.23. The van der Waals surface area contributed by atoms with Crippen LogP contribution in [0, 0.1) is 10.1 Å². The number of carbonyl (C=O) groups excluding carboxylic acids is 1. The first-order valence-corrected chi connectivity index (χ1v) is 11.2. The van der Waals surface area contributed by atoms with Gasteiger partial charge in [-0.1, -0.05) is 24.3 Å². The number of aromatic hydroxyl groups is 1. The van der Waals surface area contributed by atoms with Crippen LogP contribution < -0.4 is 14.5 Å². The summed E-state index contributed by atoms with van der Waals surface area (Å²) in [7, 11) is -2.85. The third kappa shape index (κ3) is 5.66. The van der Waals surface area contributed by atoms with Gasteiger partial charge in [-0.15, -0.1) is 0 Å². The zero-order valence-electron chi connectivity index (χ0n) is 17.9. The Morgan fingerprint density at radius 2 is 1.88 bits per heavy atom. The van der Waals surface area contributed by atoms with Crippen molar-refractivity contribution < 1.29 is 28.0 Å². The molecule has 3 aromatic rings. The van der Waals surface area contributed by atoms with Crippen LogP contribution in [0.4, 0.5) is 11.4 Å².